The second-order valence-electron chi connectivity index (χ2n) is 7.64. The molecule has 0 unspecified atom stereocenters. The lowest BCUT2D eigenvalue weighted by Gasteiger charge is -2.24. The summed E-state index contributed by atoms with van der Waals surface area (Å²) in [4.78, 5) is 18.7. The molecule has 27 heavy (non-hydrogen) atoms. The summed E-state index contributed by atoms with van der Waals surface area (Å²) in [5.74, 6) is 0.0842. The minimum Gasteiger partial charge on any atom is -0.372 e. The Labute approximate surface area is 166 Å². The van der Waals surface area contributed by atoms with Crippen LogP contribution >= 0.6 is 11.3 Å². The normalized spacial score (nSPS) is 21.2. The second kappa shape index (κ2) is 8.89. The molecule has 2 aromatic rings. The molecule has 2 saturated heterocycles. The molecule has 0 saturated carbocycles. The van der Waals surface area contributed by atoms with Crippen molar-refractivity contribution in [2.75, 3.05) is 36.4 Å². The molecule has 2 aliphatic rings. The molecule has 5 heteroatoms. The fourth-order valence-electron chi connectivity index (χ4n) is 4.29. The molecule has 1 aromatic heterocycles. The van der Waals surface area contributed by atoms with Gasteiger partial charge in [0.1, 0.15) is 0 Å². The van der Waals surface area contributed by atoms with Crippen LogP contribution in [0.5, 0.6) is 0 Å². The fourth-order valence-corrected chi connectivity index (χ4v) is 5.18. The highest BCUT2D eigenvalue weighted by Crippen LogP contribution is 2.34. The van der Waals surface area contributed by atoms with Crippen LogP contribution in [0.4, 0.5) is 11.4 Å². The number of anilines is 2. The van der Waals surface area contributed by atoms with Gasteiger partial charge in [0.25, 0.3) is 0 Å². The molecule has 4 rings (SSSR count). The van der Waals surface area contributed by atoms with E-state index in [2.05, 4.69) is 44.8 Å². The summed E-state index contributed by atoms with van der Waals surface area (Å²) in [5.41, 5.74) is 2.16. The van der Waals surface area contributed by atoms with Crippen molar-refractivity contribution in [1.82, 2.24) is 4.90 Å². The number of nitrogens with zero attached hydrogens (tertiary/aromatic N) is 2. The number of nitrogens with one attached hydrogen (secondary N) is 1. The van der Waals surface area contributed by atoms with Gasteiger partial charge >= 0.3 is 0 Å². The summed E-state index contributed by atoms with van der Waals surface area (Å²) in [6.45, 7) is 3.76. The maximum Gasteiger partial charge on any atom is 0.238 e. The van der Waals surface area contributed by atoms with Gasteiger partial charge in [-0.15, -0.1) is 11.3 Å². The van der Waals surface area contributed by atoms with Crippen LogP contribution in [0.3, 0.4) is 0 Å². The average Bonchev–Trinajstić information content (AvgIpc) is 3.28. The zero-order valence-corrected chi connectivity index (χ0v) is 16.7. The maximum absolute atomic E-state index is 12.6. The average molecular weight is 384 g/mol. The Hall–Kier alpha value is -1.85. The number of thiophene rings is 1. The second-order valence-corrected chi connectivity index (χ2v) is 8.62. The predicted octanol–water partition coefficient (Wildman–Crippen LogP) is 4.90. The van der Waals surface area contributed by atoms with E-state index in [-0.39, 0.29) is 5.91 Å². The van der Waals surface area contributed by atoms with Crippen LogP contribution in [0.2, 0.25) is 0 Å². The van der Waals surface area contributed by atoms with Crippen LogP contribution in [0, 0.1) is 0 Å². The summed E-state index contributed by atoms with van der Waals surface area (Å²) in [6.07, 6.45) is 7.55. The standard InChI is InChI=1S/C22H29N3OS/c26-22(17-25-15-5-7-20(25)21-8-6-16-27-21)23-18-9-11-19(12-10-18)24-13-3-1-2-4-14-24/h6,8-12,16,20H,1-5,7,13-15,17H2,(H,23,26)/t20-/m1/s1. The van der Waals surface area contributed by atoms with Crippen LogP contribution < -0.4 is 10.2 Å². The lowest BCUT2D eigenvalue weighted by Crippen LogP contribution is -2.32. The number of hydrogen-bond donors (Lipinski definition) is 1. The Bertz CT molecular complexity index is 721. The molecule has 4 nitrogen and oxygen atoms in total. The Morgan fingerprint density at radius 1 is 1.00 bits per heavy atom. The number of amides is 1. The van der Waals surface area contributed by atoms with Crippen molar-refractivity contribution in [3.8, 4) is 0 Å². The number of carbonyl (C=O) groups is 1. The van der Waals surface area contributed by atoms with E-state index in [9.17, 15) is 4.79 Å². The van der Waals surface area contributed by atoms with E-state index in [4.69, 9.17) is 0 Å². The molecule has 144 valence electrons. The van der Waals surface area contributed by atoms with Gasteiger partial charge in [0.2, 0.25) is 5.91 Å². The van der Waals surface area contributed by atoms with Crippen molar-refractivity contribution >= 4 is 28.6 Å². The van der Waals surface area contributed by atoms with Crippen molar-refractivity contribution in [2.45, 2.75) is 44.6 Å². The summed E-state index contributed by atoms with van der Waals surface area (Å²) in [5, 5.41) is 5.20. The number of carbonyl (C=O) groups excluding carboxylic acids is 1. The lowest BCUT2D eigenvalue weighted by atomic mass is 10.2. The Morgan fingerprint density at radius 3 is 2.48 bits per heavy atom. The largest absolute Gasteiger partial charge is 0.372 e. The molecular weight excluding hydrogens is 354 g/mol. The Kier molecular flexibility index (Phi) is 6.10. The predicted molar refractivity (Wildman–Crippen MR) is 114 cm³/mol. The molecule has 2 aliphatic heterocycles. The van der Waals surface area contributed by atoms with E-state index in [1.54, 1.807) is 11.3 Å². The van der Waals surface area contributed by atoms with Crippen molar-refractivity contribution < 1.29 is 4.79 Å². The topological polar surface area (TPSA) is 35.6 Å². The number of benzene rings is 1. The van der Waals surface area contributed by atoms with Crippen molar-refractivity contribution in [2.24, 2.45) is 0 Å². The lowest BCUT2D eigenvalue weighted by molar-refractivity contribution is -0.117. The number of hydrogen-bond acceptors (Lipinski definition) is 4. The molecule has 0 radical (unpaired) electrons. The van der Waals surface area contributed by atoms with E-state index in [0.29, 0.717) is 12.6 Å². The first-order valence-electron chi connectivity index (χ1n) is 10.2. The molecule has 0 aliphatic carbocycles. The van der Waals surface area contributed by atoms with Gasteiger partial charge in [0, 0.05) is 35.4 Å². The SMILES string of the molecule is O=C(CN1CCC[C@@H]1c1cccs1)Nc1ccc(N2CCCCCC2)cc1. The van der Waals surface area contributed by atoms with Crippen LogP contribution in [0.25, 0.3) is 0 Å². The van der Waals surface area contributed by atoms with Crippen LogP contribution in [0.15, 0.2) is 41.8 Å². The maximum atomic E-state index is 12.6. The van der Waals surface area contributed by atoms with Gasteiger partial charge in [-0.05, 0) is 67.9 Å². The van der Waals surface area contributed by atoms with Gasteiger partial charge in [-0.3, -0.25) is 9.69 Å². The molecule has 1 N–H and O–H groups in total. The van der Waals surface area contributed by atoms with Gasteiger partial charge in [0.05, 0.1) is 6.54 Å². The summed E-state index contributed by atoms with van der Waals surface area (Å²) < 4.78 is 0. The first-order valence-corrected chi connectivity index (χ1v) is 11.1. The first kappa shape index (κ1) is 18.5. The van der Waals surface area contributed by atoms with Crippen LogP contribution in [0.1, 0.15) is 49.4 Å². The minimum absolute atomic E-state index is 0.0842. The molecule has 3 heterocycles. The highest BCUT2D eigenvalue weighted by atomic mass is 32.1. The minimum atomic E-state index is 0.0842. The van der Waals surface area contributed by atoms with Crippen LogP contribution in [-0.4, -0.2) is 37.0 Å². The zero-order valence-electron chi connectivity index (χ0n) is 15.9. The van der Waals surface area contributed by atoms with Gasteiger partial charge < -0.3 is 10.2 Å². The van der Waals surface area contributed by atoms with Gasteiger partial charge in [0.15, 0.2) is 0 Å². The summed E-state index contributed by atoms with van der Waals surface area (Å²) in [6, 6.07) is 13.1. The highest BCUT2D eigenvalue weighted by molar-refractivity contribution is 7.10. The summed E-state index contributed by atoms with van der Waals surface area (Å²) >= 11 is 1.79. The Balaban J connectivity index is 1.32. The van der Waals surface area contributed by atoms with Crippen molar-refractivity contribution in [1.29, 1.82) is 0 Å². The van der Waals surface area contributed by atoms with E-state index in [1.807, 2.05) is 12.1 Å². The fraction of sp³-hybridized carbons (Fsp3) is 0.500. The van der Waals surface area contributed by atoms with Gasteiger partial charge in [-0.1, -0.05) is 18.9 Å². The van der Waals surface area contributed by atoms with E-state index >= 15 is 0 Å². The zero-order chi connectivity index (χ0) is 18.5. The van der Waals surface area contributed by atoms with E-state index < -0.39 is 0 Å². The van der Waals surface area contributed by atoms with Crippen molar-refractivity contribution in [3.05, 3.63) is 46.7 Å². The third-order valence-corrected chi connectivity index (χ3v) is 6.68. The van der Waals surface area contributed by atoms with Gasteiger partial charge in [-0.25, -0.2) is 0 Å². The number of likely N-dealkylation sites (tertiary alicyclic amines) is 1. The molecule has 0 spiro atoms. The molecule has 0 bridgehead atoms. The highest BCUT2D eigenvalue weighted by Gasteiger charge is 2.28. The molecule has 1 atom stereocenters. The smallest absolute Gasteiger partial charge is 0.238 e. The monoisotopic (exact) mass is 383 g/mol. The summed E-state index contributed by atoms with van der Waals surface area (Å²) in [7, 11) is 0. The Morgan fingerprint density at radius 2 is 1.78 bits per heavy atom. The third kappa shape index (κ3) is 4.71. The van der Waals surface area contributed by atoms with Crippen molar-refractivity contribution in [3.63, 3.8) is 0 Å². The quantitative estimate of drug-likeness (QED) is 0.797. The first-order chi connectivity index (χ1) is 13.3. The third-order valence-electron chi connectivity index (χ3n) is 5.70. The molecular formula is C22H29N3OS. The van der Waals surface area contributed by atoms with E-state index in [0.717, 1.165) is 31.7 Å². The van der Waals surface area contributed by atoms with Crippen LogP contribution in [-0.2, 0) is 4.79 Å². The van der Waals surface area contributed by atoms with Gasteiger partial charge in [-0.2, -0.15) is 0 Å². The molecule has 2 fully saturated rings. The van der Waals surface area contributed by atoms with E-state index in [1.165, 1.54) is 42.7 Å². The molecule has 1 aromatic carbocycles. The number of rotatable bonds is 5. The molecule has 1 amide bonds.